The largest absolute Gasteiger partial charge is 0.454 e. The summed E-state index contributed by atoms with van der Waals surface area (Å²) < 4.78 is 21.9. The highest BCUT2D eigenvalue weighted by molar-refractivity contribution is 5.43. The molecule has 29 heavy (non-hydrogen) atoms. The number of ether oxygens (including phenoxy) is 1. The molecule has 0 N–H and O–H groups in total. The van der Waals surface area contributed by atoms with Gasteiger partial charge in [0.1, 0.15) is 5.75 Å². The van der Waals surface area contributed by atoms with Crippen molar-refractivity contribution in [2.75, 3.05) is 0 Å². The van der Waals surface area contributed by atoms with E-state index in [1.807, 2.05) is 24.3 Å². The van der Waals surface area contributed by atoms with E-state index < -0.39 is 5.82 Å². The van der Waals surface area contributed by atoms with Crippen LogP contribution in [0.3, 0.4) is 0 Å². The average Bonchev–Trinajstić information content (AvgIpc) is 3.25. The Balaban J connectivity index is 1.58. The zero-order valence-electron chi connectivity index (χ0n) is 16.6. The molecular weight excluding hydrogens is 365 g/mol. The minimum absolute atomic E-state index is 0.102. The van der Waals surface area contributed by atoms with Crippen molar-refractivity contribution in [2.45, 2.75) is 26.2 Å². The van der Waals surface area contributed by atoms with Crippen LogP contribution in [0, 0.1) is 12.7 Å². The second-order valence-corrected chi connectivity index (χ2v) is 7.51. The molecule has 2 heterocycles. The van der Waals surface area contributed by atoms with Gasteiger partial charge in [0.05, 0.1) is 0 Å². The molecule has 0 bridgehead atoms. The zero-order valence-corrected chi connectivity index (χ0v) is 16.6. The van der Waals surface area contributed by atoms with Crippen LogP contribution in [0.5, 0.6) is 11.5 Å². The Morgan fingerprint density at radius 3 is 2.17 bits per heavy atom. The number of hydrogen-bond acceptors (Lipinski definition) is 3. The van der Waals surface area contributed by atoms with Crippen molar-refractivity contribution < 1.29 is 9.13 Å². The van der Waals surface area contributed by atoms with Crippen LogP contribution in [-0.2, 0) is 5.41 Å². The summed E-state index contributed by atoms with van der Waals surface area (Å²) in [5, 5.41) is 4.03. The molecule has 0 unspecified atom stereocenters. The van der Waals surface area contributed by atoms with Crippen LogP contribution in [0.2, 0.25) is 0 Å². The third kappa shape index (κ3) is 3.76. The number of benzene rings is 2. The molecule has 0 atom stereocenters. The number of pyridine rings is 1. The van der Waals surface area contributed by atoms with Crippen molar-refractivity contribution in [3.8, 4) is 17.3 Å². The quantitative estimate of drug-likeness (QED) is 0.432. The molecule has 0 saturated heterocycles. The molecule has 2 aromatic heterocycles. The molecular formula is C24H22FN3O. The number of aryl methyl sites for hydroxylation is 1. The Kier molecular flexibility index (Phi) is 4.89. The maximum atomic E-state index is 14.8. The molecule has 0 aliphatic heterocycles. The van der Waals surface area contributed by atoms with Gasteiger partial charge in [-0.05, 0) is 36.2 Å². The summed E-state index contributed by atoms with van der Waals surface area (Å²) in [5.74, 6) is 0.214. The van der Waals surface area contributed by atoms with E-state index in [0.29, 0.717) is 5.75 Å². The van der Waals surface area contributed by atoms with E-state index in [4.69, 9.17) is 4.74 Å². The van der Waals surface area contributed by atoms with Crippen molar-refractivity contribution in [1.82, 2.24) is 14.8 Å². The summed E-state index contributed by atoms with van der Waals surface area (Å²) in [7, 11) is 0. The standard InChI is InChI=1S/C24H22FN3O/c1-17-5-7-18(8-6-17)24(2,3)19-9-11-20(12-10-19)29-21-13-15-26-23(22(21)25)28-16-4-14-27-28/h4-16H,1-3H3. The molecule has 4 rings (SSSR count). The van der Waals surface area contributed by atoms with E-state index in [0.717, 1.165) is 5.56 Å². The van der Waals surface area contributed by atoms with E-state index in [2.05, 4.69) is 55.1 Å². The lowest BCUT2D eigenvalue weighted by molar-refractivity contribution is 0.436. The topological polar surface area (TPSA) is 39.9 Å². The third-order valence-corrected chi connectivity index (χ3v) is 5.13. The van der Waals surface area contributed by atoms with Crippen molar-refractivity contribution in [1.29, 1.82) is 0 Å². The molecule has 2 aromatic carbocycles. The molecule has 0 aliphatic carbocycles. The molecule has 0 aliphatic rings. The first-order chi connectivity index (χ1) is 13.9. The Labute approximate surface area is 169 Å². The maximum absolute atomic E-state index is 14.8. The second-order valence-electron chi connectivity index (χ2n) is 7.51. The highest BCUT2D eigenvalue weighted by Crippen LogP contribution is 2.34. The SMILES string of the molecule is Cc1ccc(C(C)(C)c2ccc(Oc3ccnc(-n4cccn4)c3F)cc2)cc1. The van der Waals surface area contributed by atoms with E-state index in [9.17, 15) is 4.39 Å². The van der Waals surface area contributed by atoms with Gasteiger partial charge in [-0.15, -0.1) is 0 Å². The summed E-state index contributed by atoms with van der Waals surface area (Å²) in [6, 6.07) is 19.5. The van der Waals surface area contributed by atoms with Gasteiger partial charge in [0.25, 0.3) is 0 Å². The molecule has 0 spiro atoms. The Hall–Kier alpha value is -3.47. The van der Waals surface area contributed by atoms with E-state index in [1.54, 1.807) is 18.5 Å². The van der Waals surface area contributed by atoms with Gasteiger partial charge >= 0.3 is 0 Å². The van der Waals surface area contributed by atoms with Crippen LogP contribution in [0.1, 0.15) is 30.5 Å². The molecule has 146 valence electrons. The van der Waals surface area contributed by atoms with Gasteiger partial charge in [-0.3, -0.25) is 0 Å². The summed E-state index contributed by atoms with van der Waals surface area (Å²) in [6.07, 6.45) is 4.71. The van der Waals surface area contributed by atoms with Gasteiger partial charge in [-0.2, -0.15) is 9.49 Å². The highest BCUT2D eigenvalue weighted by Gasteiger charge is 2.23. The molecule has 0 radical (unpaired) electrons. The van der Waals surface area contributed by atoms with Gasteiger partial charge in [-0.25, -0.2) is 9.67 Å². The van der Waals surface area contributed by atoms with Gasteiger partial charge < -0.3 is 4.74 Å². The van der Waals surface area contributed by atoms with Gasteiger partial charge in [0.2, 0.25) is 5.82 Å². The minimum atomic E-state index is -0.555. The van der Waals surface area contributed by atoms with Gasteiger partial charge in [0, 0.05) is 30.1 Å². The third-order valence-electron chi connectivity index (χ3n) is 5.13. The van der Waals surface area contributed by atoms with Crippen LogP contribution in [0.4, 0.5) is 4.39 Å². The van der Waals surface area contributed by atoms with Crippen LogP contribution in [0.25, 0.3) is 5.82 Å². The van der Waals surface area contributed by atoms with Crippen LogP contribution < -0.4 is 4.74 Å². The fourth-order valence-corrected chi connectivity index (χ4v) is 3.25. The van der Waals surface area contributed by atoms with Crippen LogP contribution >= 0.6 is 0 Å². The lowest BCUT2D eigenvalue weighted by Gasteiger charge is -2.26. The number of halogens is 1. The van der Waals surface area contributed by atoms with E-state index in [1.165, 1.54) is 28.1 Å². The normalized spacial score (nSPS) is 11.4. The Morgan fingerprint density at radius 2 is 1.55 bits per heavy atom. The second kappa shape index (κ2) is 7.51. The molecule has 0 amide bonds. The first-order valence-corrected chi connectivity index (χ1v) is 9.45. The molecule has 4 nitrogen and oxygen atoms in total. The van der Waals surface area contributed by atoms with Gasteiger partial charge in [-0.1, -0.05) is 55.8 Å². The fraction of sp³-hybridized carbons (Fsp3) is 0.167. The summed E-state index contributed by atoms with van der Waals surface area (Å²) in [6.45, 7) is 6.46. The first kappa shape index (κ1) is 18.9. The maximum Gasteiger partial charge on any atom is 0.210 e. The van der Waals surface area contributed by atoms with Crippen LogP contribution in [-0.4, -0.2) is 14.8 Å². The smallest absolute Gasteiger partial charge is 0.210 e. The molecule has 4 aromatic rings. The number of rotatable bonds is 5. The average molecular weight is 387 g/mol. The van der Waals surface area contributed by atoms with Crippen molar-refractivity contribution in [3.05, 3.63) is 102 Å². The predicted molar refractivity (Wildman–Crippen MR) is 111 cm³/mol. The summed E-state index contributed by atoms with van der Waals surface area (Å²) >= 11 is 0. The van der Waals surface area contributed by atoms with E-state index in [-0.39, 0.29) is 17.0 Å². The number of hydrogen-bond donors (Lipinski definition) is 0. The summed E-state index contributed by atoms with van der Waals surface area (Å²) in [4.78, 5) is 4.05. The predicted octanol–water partition coefficient (Wildman–Crippen LogP) is 5.83. The van der Waals surface area contributed by atoms with E-state index >= 15 is 0 Å². The Morgan fingerprint density at radius 1 is 0.897 bits per heavy atom. The van der Waals surface area contributed by atoms with Crippen LogP contribution in [0.15, 0.2) is 79.3 Å². The summed E-state index contributed by atoms with van der Waals surface area (Å²) in [5.41, 5.74) is 3.48. The fourth-order valence-electron chi connectivity index (χ4n) is 3.25. The molecule has 0 fully saturated rings. The number of nitrogens with zero attached hydrogens (tertiary/aromatic N) is 3. The van der Waals surface area contributed by atoms with Crippen molar-refractivity contribution >= 4 is 0 Å². The number of aromatic nitrogens is 3. The minimum Gasteiger partial charge on any atom is -0.454 e. The van der Waals surface area contributed by atoms with Crippen molar-refractivity contribution in [3.63, 3.8) is 0 Å². The lowest BCUT2D eigenvalue weighted by Crippen LogP contribution is -2.18. The highest BCUT2D eigenvalue weighted by atomic mass is 19.1. The zero-order chi connectivity index (χ0) is 20.4. The Bertz CT molecular complexity index is 1100. The first-order valence-electron chi connectivity index (χ1n) is 9.45. The molecule has 0 saturated carbocycles. The van der Waals surface area contributed by atoms with Crippen molar-refractivity contribution in [2.24, 2.45) is 0 Å². The van der Waals surface area contributed by atoms with Gasteiger partial charge in [0.15, 0.2) is 11.6 Å². The lowest BCUT2D eigenvalue weighted by atomic mass is 9.78. The molecule has 5 heteroatoms. The monoisotopic (exact) mass is 387 g/mol.